The van der Waals surface area contributed by atoms with Gasteiger partial charge in [-0.2, -0.15) is 9.65 Å². The Morgan fingerprint density at radius 2 is 1.90 bits per heavy atom. The highest BCUT2D eigenvalue weighted by Crippen LogP contribution is 2.33. The summed E-state index contributed by atoms with van der Waals surface area (Å²) in [4.78, 5) is 20.2. The third-order valence-electron chi connectivity index (χ3n) is 6.50. The minimum absolute atomic E-state index is 0.0783. The van der Waals surface area contributed by atoms with Gasteiger partial charge in [0.15, 0.2) is 0 Å². The number of tetrazole rings is 1. The van der Waals surface area contributed by atoms with Crippen molar-refractivity contribution in [3.63, 3.8) is 0 Å². The molecule has 0 spiro atoms. The molecule has 4 aromatic rings. The number of nitrogens with zero attached hydrogens (tertiary/aromatic N) is 9. The molecule has 1 fully saturated rings. The lowest BCUT2D eigenvalue weighted by Gasteiger charge is -2.20. The predicted molar refractivity (Wildman–Crippen MR) is 140 cm³/mol. The van der Waals surface area contributed by atoms with Crippen LogP contribution in [0.15, 0.2) is 43.1 Å². The van der Waals surface area contributed by atoms with Crippen molar-refractivity contribution in [2.45, 2.75) is 64.1 Å². The maximum Gasteiger partial charge on any atom is 0.304 e. The number of alkyl halides is 3. The molecule has 1 N–H and O–H groups in total. The molecular formula is C26H25F3N10O3. The topological polar surface area (TPSA) is 159 Å². The number of anilines is 2. The number of aromatic nitrogens is 8. The van der Waals surface area contributed by atoms with Crippen LogP contribution < -0.4 is 14.8 Å². The molecule has 0 aliphatic heterocycles. The van der Waals surface area contributed by atoms with Crippen LogP contribution in [0.4, 0.5) is 24.8 Å². The predicted octanol–water partition coefficient (Wildman–Crippen LogP) is 4.03. The highest BCUT2D eigenvalue weighted by Gasteiger charge is 2.27. The lowest BCUT2D eigenvalue weighted by Crippen LogP contribution is -2.21. The molecular weight excluding hydrogens is 557 g/mol. The molecule has 0 bridgehead atoms. The van der Waals surface area contributed by atoms with Gasteiger partial charge in [-0.3, -0.25) is 9.48 Å². The highest BCUT2D eigenvalue weighted by molar-refractivity contribution is 5.79. The highest BCUT2D eigenvalue weighted by atomic mass is 19.3. The number of carbonyl (C=O) groups is 1. The molecule has 218 valence electrons. The molecule has 16 heteroatoms. The lowest BCUT2D eigenvalue weighted by molar-refractivity contribution is -0.120. The summed E-state index contributed by atoms with van der Waals surface area (Å²) >= 11 is 0. The molecule has 0 amide bonds. The second-order valence-corrected chi connectivity index (χ2v) is 9.60. The van der Waals surface area contributed by atoms with Crippen molar-refractivity contribution >= 4 is 17.4 Å². The van der Waals surface area contributed by atoms with E-state index in [-0.39, 0.29) is 35.4 Å². The van der Waals surface area contributed by atoms with Gasteiger partial charge in [0.2, 0.25) is 5.95 Å². The Balaban J connectivity index is 1.33. The number of hydrogen-bond acceptors (Lipinski definition) is 11. The van der Waals surface area contributed by atoms with Crippen LogP contribution in [0.5, 0.6) is 11.6 Å². The largest absolute Gasteiger partial charge is 0.487 e. The number of carbonyl (C=O) groups excluding carboxylic acids is 1. The Bertz CT molecular complexity index is 1550. The van der Waals surface area contributed by atoms with Crippen molar-refractivity contribution < 1.29 is 27.4 Å². The number of ether oxygens (including phenoxy) is 2. The molecule has 3 heterocycles. The fourth-order valence-electron chi connectivity index (χ4n) is 4.42. The van der Waals surface area contributed by atoms with Crippen molar-refractivity contribution in [2.24, 2.45) is 0 Å². The van der Waals surface area contributed by atoms with E-state index < -0.39 is 12.8 Å². The van der Waals surface area contributed by atoms with E-state index in [1.165, 1.54) is 34.3 Å². The van der Waals surface area contributed by atoms with Crippen LogP contribution in [-0.4, -0.2) is 64.6 Å². The average Bonchev–Trinajstić information content (AvgIpc) is 3.63. The molecule has 1 saturated carbocycles. The van der Waals surface area contributed by atoms with Gasteiger partial charge in [-0.1, -0.05) is 6.07 Å². The monoisotopic (exact) mass is 582 g/mol. The molecule has 2 atom stereocenters. The van der Waals surface area contributed by atoms with Gasteiger partial charge in [-0.25, -0.2) is 23.4 Å². The number of Topliss-reactive ketones (excluding diaryl/α,β-unsaturated/α-hetero) is 1. The Labute approximate surface area is 237 Å². The minimum atomic E-state index is -3.37. The third kappa shape index (κ3) is 6.79. The zero-order valence-corrected chi connectivity index (χ0v) is 22.3. The van der Waals surface area contributed by atoms with Crippen molar-refractivity contribution in [1.29, 1.82) is 5.26 Å². The molecule has 42 heavy (non-hydrogen) atoms. The van der Waals surface area contributed by atoms with Crippen molar-refractivity contribution in [3.05, 3.63) is 48.7 Å². The van der Waals surface area contributed by atoms with E-state index in [4.69, 9.17) is 9.47 Å². The van der Waals surface area contributed by atoms with Gasteiger partial charge in [-0.15, -0.1) is 10.2 Å². The maximum atomic E-state index is 13.8. The van der Waals surface area contributed by atoms with E-state index in [9.17, 15) is 23.2 Å². The lowest BCUT2D eigenvalue weighted by atomic mass is 9.95. The van der Waals surface area contributed by atoms with E-state index in [2.05, 4.69) is 42.0 Å². The number of ketones is 1. The molecule has 5 rings (SSSR count). The molecule has 0 saturated heterocycles. The van der Waals surface area contributed by atoms with Crippen molar-refractivity contribution in [1.82, 2.24) is 40.0 Å². The first-order valence-electron chi connectivity index (χ1n) is 13.0. The number of nitriles is 1. The van der Waals surface area contributed by atoms with Crippen LogP contribution in [0.25, 0.3) is 11.1 Å². The SMILES string of the molecule is C[C@@H](Cn1cnnn1)Oc1cc(-c2cnc(Nc3cn(C4CCC(=O)CC4)nc3OC(F)C(F)F)nc2)ccc1C#N. The van der Waals surface area contributed by atoms with Crippen LogP contribution in [0.2, 0.25) is 0 Å². The Kier molecular flexibility index (Phi) is 8.55. The van der Waals surface area contributed by atoms with Crippen LogP contribution >= 0.6 is 0 Å². The Morgan fingerprint density at radius 3 is 2.57 bits per heavy atom. The van der Waals surface area contributed by atoms with Gasteiger partial charge < -0.3 is 14.8 Å². The fraction of sp³-hybridized carbons (Fsp3) is 0.385. The second kappa shape index (κ2) is 12.6. The summed E-state index contributed by atoms with van der Waals surface area (Å²) in [7, 11) is 0. The quantitative estimate of drug-likeness (QED) is 0.272. The summed E-state index contributed by atoms with van der Waals surface area (Å²) < 4.78 is 53.2. The number of hydrogen-bond donors (Lipinski definition) is 1. The first-order chi connectivity index (χ1) is 20.3. The maximum absolute atomic E-state index is 13.8. The molecule has 1 unspecified atom stereocenters. The summed E-state index contributed by atoms with van der Waals surface area (Å²) in [5.41, 5.74) is 1.70. The first kappa shape index (κ1) is 28.5. The van der Waals surface area contributed by atoms with E-state index in [0.717, 1.165) is 0 Å². The minimum Gasteiger partial charge on any atom is -0.487 e. The van der Waals surface area contributed by atoms with E-state index >= 15 is 0 Å². The molecule has 1 aliphatic rings. The third-order valence-corrected chi connectivity index (χ3v) is 6.50. The number of nitrogens with one attached hydrogen (secondary N) is 1. The molecule has 1 aromatic carbocycles. The normalized spacial score (nSPS) is 15.3. The molecule has 3 aromatic heterocycles. The van der Waals surface area contributed by atoms with Gasteiger partial charge >= 0.3 is 6.43 Å². The van der Waals surface area contributed by atoms with Gasteiger partial charge in [0.25, 0.3) is 12.2 Å². The van der Waals surface area contributed by atoms with Gasteiger partial charge in [0.1, 0.15) is 35.7 Å². The molecule has 1 aliphatic carbocycles. The summed E-state index contributed by atoms with van der Waals surface area (Å²) in [6.45, 7) is 2.19. The Morgan fingerprint density at radius 1 is 1.14 bits per heavy atom. The van der Waals surface area contributed by atoms with Gasteiger partial charge in [0, 0.05) is 30.8 Å². The number of benzene rings is 1. The Hall–Kier alpha value is -5.07. The summed E-state index contributed by atoms with van der Waals surface area (Å²) in [6, 6.07) is 6.97. The van der Waals surface area contributed by atoms with Crippen LogP contribution in [0.3, 0.4) is 0 Å². The zero-order chi connectivity index (χ0) is 29.6. The van der Waals surface area contributed by atoms with Crippen LogP contribution in [0, 0.1) is 11.3 Å². The van der Waals surface area contributed by atoms with Crippen molar-refractivity contribution in [3.8, 4) is 28.8 Å². The van der Waals surface area contributed by atoms with Gasteiger partial charge in [-0.05, 0) is 47.9 Å². The summed E-state index contributed by atoms with van der Waals surface area (Å²) in [5, 5.41) is 27.5. The summed E-state index contributed by atoms with van der Waals surface area (Å²) in [6.07, 6.45) is 1.17. The average molecular weight is 583 g/mol. The summed E-state index contributed by atoms with van der Waals surface area (Å²) in [5.74, 6) is 0.200. The molecule has 13 nitrogen and oxygen atoms in total. The second-order valence-electron chi connectivity index (χ2n) is 9.60. The molecule has 0 radical (unpaired) electrons. The van der Waals surface area contributed by atoms with Crippen molar-refractivity contribution in [2.75, 3.05) is 5.32 Å². The van der Waals surface area contributed by atoms with E-state index in [1.807, 2.05) is 6.92 Å². The fourth-order valence-corrected chi connectivity index (χ4v) is 4.42. The van der Waals surface area contributed by atoms with E-state index in [0.29, 0.717) is 54.7 Å². The standard InChI is InChI=1S/C26H25F3N10O3/c1-15(12-38-14-33-36-37-38)41-22-8-16(2-3-17(22)9-30)18-10-31-26(32-11-18)34-21-13-39(19-4-6-20(40)7-5-19)35-25(21)42-24(29)23(27)28/h2-3,8,10-11,13-15,19,23-24H,4-7,12H2,1H3,(H,31,32,34)/t15-,24?/m0/s1. The van der Waals surface area contributed by atoms with Gasteiger partial charge in [0.05, 0.1) is 24.3 Å². The first-order valence-corrected chi connectivity index (χ1v) is 13.0. The number of halogens is 3. The van der Waals surface area contributed by atoms with Crippen LogP contribution in [-0.2, 0) is 11.3 Å². The van der Waals surface area contributed by atoms with Crippen LogP contribution in [0.1, 0.15) is 44.2 Å². The number of rotatable bonds is 11. The zero-order valence-electron chi connectivity index (χ0n) is 22.3. The smallest absolute Gasteiger partial charge is 0.304 e. The van der Waals surface area contributed by atoms with E-state index in [1.54, 1.807) is 18.2 Å².